The topological polar surface area (TPSA) is 53.4 Å². The first-order valence-electron chi connectivity index (χ1n) is 6.10. The van der Waals surface area contributed by atoms with Crippen LogP contribution < -0.4 is 0 Å². The minimum atomic E-state index is 0.147. The van der Waals surface area contributed by atoms with Gasteiger partial charge in [0.2, 0.25) is 5.91 Å². The fourth-order valence-electron chi connectivity index (χ4n) is 2.39. The van der Waals surface area contributed by atoms with Gasteiger partial charge in [0, 0.05) is 31.6 Å². The Bertz CT molecular complexity index is 367. The third-order valence-electron chi connectivity index (χ3n) is 3.24. The summed E-state index contributed by atoms with van der Waals surface area (Å²) in [5, 5.41) is 8.97. The maximum Gasteiger partial charge on any atom is 0.227 e. The van der Waals surface area contributed by atoms with Crippen LogP contribution in [0.25, 0.3) is 0 Å². The van der Waals surface area contributed by atoms with E-state index in [1.54, 1.807) is 12.4 Å². The van der Waals surface area contributed by atoms with Gasteiger partial charge in [0.05, 0.1) is 6.42 Å². The van der Waals surface area contributed by atoms with Crippen LogP contribution in [0.4, 0.5) is 0 Å². The smallest absolute Gasteiger partial charge is 0.227 e. The molecule has 1 N–H and O–H groups in total. The Morgan fingerprint density at radius 1 is 1.59 bits per heavy atom. The van der Waals surface area contributed by atoms with Crippen LogP contribution >= 0.6 is 0 Å². The van der Waals surface area contributed by atoms with Gasteiger partial charge in [-0.1, -0.05) is 6.07 Å². The summed E-state index contributed by atoms with van der Waals surface area (Å²) in [6.07, 6.45) is 6.60. The van der Waals surface area contributed by atoms with Crippen LogP contribution in [0.2, 0.25) is 0 Å². The van der Waals surface area contributed by atoms with E-state index >= 15 is 0 Å². The zero-order chi connectivity index (χ0) is 12.1. The highest BCUT2D eigenvalue weighted by Gasteiger charge is 2.27. The number of hydrogen-bond donors (Lipinski definition) is 1. The second-order valence-corrected chi connectivity index (χ2v) is 4.43. The SMILES string of the molecule is O=C(Cc1cccnc1)N1CCCC1CCO. The number of aromatic nitrogens is 1. The second kappa shape index (κ2) is 5.77. The van der Waals surface area contributed by atoms with Crippen molar-refractivity contribution in [3.05, 3.63) is 30.1 Å². The van der Waals surface area contributed by atoms with Crippen LogP contribution in [0.5, 0.6) is 0 Å². The summed E-state index contributed by atoms with van der Waals surface area (Å²) in [6.45, 7) is 0.977. The lowest BCUT2D eigenvalue weighted by Gasteiger charge is -2.24. The zero-order valence-electron chi connectivity index (χ0n) is 9.88. The molecule has 1 amide bonds. The quantitative estimate of drug-likeness (QED) is 0.845. The highest BCUT2D eigenvalue weighted by Crippen LogP contribution is 2.20. The molecule has 1 aromatic heterocycles. The molecule has 0 aromatic carbocycles. The van der Waals surface area contributed by atoms with E-state index in [-0.39, 0.29) is 18.6 Å². The Morgan fingerprint density at radius 3 is 3.18 bits per heavy atom. The molecule has 1 fully saturated rings. The monoisotopic (exact) mass is 234 g/mol. The molecule has 0 radical (unpaired) electrons. The number of pyridine rings is 1. The molecule has 1 aliphatic rings. The van der Waals surface area contributed by atoms with Crippen molar-refractivity contribution in [3.8, 4) is 0 Å². The van der Waals surface area contributed by atoms with E-state index in [1.807, 2.05) is 17.0 Å². The van der Waals surface area contributed by atoms with Gasteiger partial charge < -0.3 is 10.0 Å². The summed E-state index contributed by atoms with van der Waals surface area (Å²) in [7, 11) is 0. The summed E-state index contributed by atoms with van der Waals surface area (Å²) in [5.41, 5.74) is 0.951. The molecular weight excluding hydrogens is 216 g/mol. The summed E-state index contributed by atoms with van der Waals surface area (Å²) >= 11 is 0. The summed E-state index contributed by atoms with van der Waals surface area (Å²) in [6, 6.07) is 3.99. The van der Waals surface area contributed by atoms with Crippen LogP contribution in [-0.4, -0.2) is 40.1 Å². The molecule has 17 heavy (non-hydrogen) atoms. The van der Waals surface area contributed by atoms with E-state index in [4.69, 9.17) is 5.11 Å². The third kappa shape index (κ3) is 3.03. The molecule has 1 aliphatic heterocycles. The van der Waals surface area contributed by atoms with Gasteiger partial charge >= 0.3 is 0 Å². The van der Waals surface area contributed by atoms with Gasteiger partial charge in [-0.15, -0.1) is 0 Å². The summed E-state index contributed by atoms with van der Waals surface area (Å²) < 4.78 is 0. The third-order valence-corrected chi connectivity index (χ3v) is 3.24. The molecule has 0 saturated carbocycles. The van der Waals surface area contributed by atoms with E-state index in [9.17, 15) is 4.79 Å². The molecule has 2 heterocycles. The lowest BCUT2D eigenvalue weighted by molar-refractivity contribution is -0.131. The van der Waals surface area contributed by atoms with Crippen LogP contribution in [0.15, 0.2) is 24.5 Å². The van der Waals surface area contributed by atoms with Crippen molar-refractivity contribution in [2.75, 3.05) is 13.2 Å². The lowest BCUT2D eigenvalue weighted by atomic mass is 10.1. The second-order valence-electron chi connectivity index (χ2n) is 4.43. The van der Waals surface area contributed by atoms with Crippen molar-refractivity contribution in [1.29, 1.82) is 0 Å². The van der Waals surface area contributed by atoms with Crippen LogP contribution in [0.1, 0.15) is 24.8 Å². The minimum absolute atomic E-state index is 0.147. The predicted molar refractivity (Wildman–Crippen MR) is 64.4 cm³/mol. The largest absolute Gasteiger partial charge is 0.396 e. The first-order chi connectivity index (χ1) is 8.31. The Kier molecular flexibility index (Phi) is 4.09. The average Bonchev–Trinajstić information content (AvgIpc) is 2.79. The number of hydrogen-bond acceptors (Lipinski definition) is 3. The van der Waals surface area contributed by atoms with Crippen molar-refractivity contribution < 1.29 is 9.90 Å². The van der Waals surface area contributed by atoms with E-state index in [2.05, 4.69) is 4.98 Å². The van der Waals surface area contributed by atoms with Gasteiger partial charge in [-0.3, -0.25) is 9.78 Å². The Morgan fingerprint density at radius 2 is 2.47 bits per heavy atom. The van der Waals surface area contributed by atoms with E-state index < -0.39 is 0 Å². The van der Waals surface area contributed by atoms with Gasteiger partial charge in [0.1, 0.15) is 0 Å². The highest BCUT2D eigenvalue weighted by molar-refractivity contribution is 5.79. The molecule has 0 aliphatic carbocycles. The van der Waals surface area contributed by atoms with Crippen molar-refractivity contribution in [2.24, 2.45) is 0 Å². The van der Waals surface area contributed by atoms with Crippen LogP contribution in [0.3, 0.4) is 0 Å². The molecule has 0 bridgehead atoms. The number of likely N-dealkylation sites (tertiary alicyclic amines) is 1. The zero-order valence-corrected chi connectivity index (χ0v) is 9.88. The van der Waals surface area contributed by atoms with Gasteiger partial charge in [-0.25, -0.2) is 0 Å². The first-order valence-corrected chi connectivity index (χ1v) is 6.10. The molecule has 92 valence electrons. The fourth-order valence-corrected chi connectivity index (χ4v) is 2.39. The number of rotatable bonds is 4. The Labute approximate surface area is 101 Å². The Hall–Kier alpha value is -1.42. The molecule has 4 heteroatoms. The maximum absolute atomic E-state index is 12.1. The van der Waals surface area contributed by atoms with Gasteiger partial charge in [-0.05, 0) is 30.9 Å². The summed E-state index contributed by atoms with van der Waals surface area (Å²) in [5.74, 6) is 0.147. The first kappa shape index (κ1) is 12.0. The lowest BCUT2D eigenvalue weighted by Crippen LogP contribution is -2.37. The van der Waals surface area contributed by atoms with Crippen molar-refractivity contribution in [1.82, 2.24) is 9.88 Å². The molecule has 0 spiro atoms. The standard InChI is InChI=1S/C13H18N2O2/c16-8-5-12-4-2-7-15(12)13(17)9-11-3-1-6-14-10-11/h1,3,6,10,12,16H,2,4-5,7-9H2. The molecule has 1 aromatic rings. The number of amides is 1. The Balaban J connectivity index is 1.95. The van der Waals surface area contributed by atoms with Crippen molar-refractivity contribution >= 4 is 5.91 Å². The van der Waals surface area contributed by atoms with E-state index in [0.29, 0.717) is 12.8 Å². The molecular formula is C13H18N2O2. The highest BCUT2D eigenvalue weighted by atomic mass is 16.3. The van der Waals surface area contributed by atoms with E-state index in [1.165, 1.54) is 0 Å². The molecule has 1 unspecified atom stereocenters. The molecule has 2 rings (SSSR count). The van der Waals surface area contributed by atoms with E-state index in [0.717, 1.165) is 24.9 Å². The van der Waals surface area contributed by atoms with Crippen molar-refractivity contribution in [3.63, 3.8) is 0 Å². The molecule has 4 nitrogen and oxygen atoms in total. The van der Waals surface area contributed by atoms with Gasteiger partial charge in [0.25, 0.3) is 0 Å². The normalized spacial score (nSPS) is 19.6. The van der Waals surface area contributed by atoms with Crippen LogP contribution in [0, 0.1) is 0 Å². The maximum atomic E-state index is 12.1. The number of carbonyl (C=O) groups excluding carboxylic acids is 1. The summed E-state index contributed by atoms with van der Waals surface area (Å²) in [4.78, 5) is 18.0. The average molecular weight is 234 g/mol. The minimum Gasteiger partial charge on any atom is -0.396 e. The number of nitrogens with zero attached hydrogens (tertiary/aromatic N) is 2. The number of aliphatic hydroxyl groups excluding tert-OH is 1. The molecule has 1 atom stereocenters. The predicted octanol–water partition coefficient (Wildman–Crippen LogP) is 0.998. The van der Waals surface area contributed by atoms with Crippen molar-refractivity contribution in [2.45, 2.75) is 31.7 Å². The van der Waals surface area contributed by atoms with Gasteiger partial charge in [-0.2, -0.15) is 0 Å². The van der Waals surface area contributed by atoms with Gasteiger partial charge in [0.15, 0.2) is 0 Å². The number of aliphatic hydroxyl groups is 1. The fraction of sp³-hybridized carbons (Fsp3) is 0.538. The van der Waals surface area contributed by atoms with Crippen LogP contribution in [-0.2, 0) is 11.2 Å². The molecule has 1 saturated heterocycles. The number of carbonyl (C=O) groups is 1.